The predicted molar refractivity (Wildman–Crippen MR) is 121 cm³/mol. The highest BCUT2D eigenvalue weighted by Gasteiger charge is 2.25. The fourth-order valence-electron chi connectivity index (χ4n) is 3.78. The third-order valence-corrected chi connectivity index (χ3v) is 6.80. The molecule has 32 heavy (non-hydrogen) atoms. The molecule has 1 fully saturated rings. The van der Waals surface area contributed by atoms with Crippen molar-refractivity contribution in [3.8, 4) is 0 Å². The molecule has 0 radical (unpaired) electrons. The van der Waals surface area contributed by atoms with Crippen molar-refractivity contribution in [2.45, 2.75) is 38.9 Å². The van der Waals surface area contributed by atoms with Crippen LogP contribution in [-0.4, -0.2) is 62.8 Å². The van der Waals surface area contributed by atoms with Gasteiger partial charge < -0.3 is 10.6 Å². The number of sulfonamides is 1. The summed E-state index contributed by atoms with van der Waals surface area (Å²) >= 11 is 0. The molecular weight excluding hydrogens is 435 g/mol. The van der Waals surface area contributed by atoms with E-state index in [4.69, 9.17) is 0 Å². The standard InChI is InChI=1S/C20H27FN8O2S/c1-12-11-28(3)27-18(12)26-19-17-14(9-16(24-19)13(2)21)10-22-20(25-17)23-15-5-7-29(8-6-15)32(4,30)31/h9-11,13,15H,5-8H2,1-4H3,(H,22,23,25)(H,24,26,27). The van der Waals surface area contributed by atoms with Gasteiger partial charge in [-0.25, -0.2) is 32.1 Å². The zero-order valence-electron chi connectivity index (χ0n) is 18.5. The first-order valence-corrected chi connectivity index (χ1v) is 12.3. The lowest BCUT2D eigenvalue weighted by atomic mass is 10.1. The van der Waals surface area contributed by atoms with Crippen LogP contribution in [0.2, 0.25) is 0 Å². The van der Waals surface area contributed by atoms with Crippen molar-refractivity contribution in [2.75, 3.05) is 30.0 Å². The Hall–Kier alpha value is -2.86. The summed E-state index contributed by atoms with van der Waals surface area (Å²) in [4.78, 5) is 13.5. The van der Waals surface area contributed by atoms with Gasteiger partial charge in [-0.3, -0.25) is 4.68 Å². The van der Waals surface area contributed by atoms with Gasteiger partial charge in [-0.05, 0) is 32.8 Å². The second kappa shape index (κ2) is 8.58. The molecule has 3 aromatic heterocycles. The number of hydrogen-bond acceptors (Lipinski definition) is 8. The lowest BCUT2D eigenvalue weighted by molar-refractivity contribution is 0.331. The van der Waals surface area contributed by atoms with Crippen LogP contribution < -0.4 is 10.6 Å². The van der Waals surface area contributed by atoms with E-state index in [2.05, 4.69) is 30.7 Å². The van der Waals surface area contributed by atoms with Crippen molar-refractivity contribution in [3.05, 3.63) is 29.7 Å². The number of piperidine rings is 1. The van der Waals surface area contributed by atoms with Crippen molar-refractivity contribution in [1.29, 1.82) is 0 Å². The summed E-state index contributed by atoms with van der Waals surface area (Å²) in [7, 11) is -1.36. The lowest BCUT2D eigenvalue weighted by Crippen LogP contribution is -2.42. The summed E-state index contributed by atoms with van der Waals surface area (Å²) in [6.07, 6.45) is 4.80. The van der Waals surface area contributed by atoms with Gasteiger partial charge in [-0.15, -0.1) is 0 Å². The number of aromatic nitrogens is 5. The van der Waals surface area contributed by atoms with Crippen LogP contribution in [0, 0.1) is 6.92 Å². The van der Waals surface area contributed by atoms with E-state index in [9.17, 15) is 12.8 Å². The van der Waals surface area contributed by atoms with Crippen molar-refractivity contribution in [1.82, 2.24) is 29.0 Å². The minimum atomic E-state index is -3.18. The minimum absolute atomic E-state index is 0.0537. The summed E-state index contributed by atoms with van der Waals surface area (Å²) in [5.74, 6) is 1.44. The van der Waals surface area contributed by atoms with E-state index in [1.807, 2.05) is 20.2 Å². The van der Waals surface area contributed by atoms with Crippen molar-refractivity contribution in [3.63, 3.8) is 0 Å². The van der Waals surface area contributed by atoms with Gasteiger partial charge >= 0.3 is 0 Å². The number of aryl methyl sites for hydroxylation is 2. The van der Waals surface area contributed by atoms with Gasteiger partial charge in [0.2, 0.25) is 16.0 Å². The Morgan fingerprint density at radius 3 is 2.53 bits per heavy atom. The van der Waals surface area contributed by atoms with E-state index < -0.39 is 16.2 Å². The Bertz CT molecular complexity index is 1240. The summed E-state index contributed by atoms with van der Waals surface area (Å²) in [6, 6.07) is 1.70. The first kappa shape index (κ1) is 22.3. The zero-order valence-corrected chi connectivity index (χ0v) is 19.3. The summed E-state index contributed by atoms with van der Waals surface area (Å²) in [6.45, 7) is 4.26. The minimum Gasteiger partial charge on any atom is -0.351 e. The molecule has 0 spiro atoms. The molecule has 0 aliphatic carbocycles. The molecule has 12 heteroatoms. The van der Waals surface area contributed by atoms with Crippen LogP contribution in [0.1, 0.15) is 37.2 Å². The van der Waals surface area contributed by atoms with E-state index >= 15 is 0 Å². The number of nitrogens with zero attached hydrogens (tertiary/aromatic N) is 6. The van der Waals surface area contributed by atoms with Crippen LogP contribution in [0.3, 0.4) is 0 Å². The van der Waals surface area contributed by atoms with Crippen LogP contribution in [0.4, 0.5) is 22.0 Å². The third-order valence-electron chi connectivity index (χ3n) is 5.50. The summed E-state index contributed by atoms with van der Waals surface area (Å²) in [5.41, 5.74) is 1.75. The van der Waals surface area contributed by atoms with Crippen molar-refractivity contribution < 1.29 is 12.8 Å². The Kier molecular flexibility index (Phi) is 5.99. The summed E-state index contributed by atoms with van der Waals surface area (Å²) in [5, 5.41) is 11.5. The van der Waals surface area contributed by atoms with E-state index in [0.717, 1.165) is 5.56 Å². The molecule has 0 amide bonds. The van der Waals surface area contributed by atoms with E-state index in [1.54, 1.807) is 16.9 Å². The van der Waals surface area contributed by atoms with Crippen LogP contribution in [0.25, 0.3) is 10.9 Å². The van der Waals surface area contributed by atoms with Gasteiger partial charge in [0.05, 0.1) is 11.9 Å². The molecule has 3 aromatic rings. The van der Waals surface area contributed by atoms with E-state index in [1.165, 1.54) is 17.5 Å². The van der Waals surface area contributed by atoms with Gasteiger partial charge in [-0.2, -0.15) is 5.10 Å². The summed E-state index contributed by atoms with van der Waals surface area (Å²) < 4.78 is 40.7. The Labute approximate surface area is 186 Å². The molecule has 172 valence electrons. The fraction of sp³-hybridized carbons (Fsp3) is 0.500. The quantitative estimate of drug-likeness (QED) is 0.574. The maximum atomic E-state index is 14.1. The highest BCUT2D eigenvalue weighted by molar-refractivity contribution is 7.88. The van der Waals surface area contributed by atoms with Crippen LogP contribution in [0.5, 0.6) is 0 Å². The first-order chi connectivity index (χ1) is 15.1. The molecule has 0 aromatic carbocycles. The molecule has 10 nitrogen and oxygen atoms in total. The normalized spacial score (nSPS) is 16.9. The number of rotatable bonds is 6. The molecule has 1 atom stereocenters. The number of fused-ring (bicyclic) bond motifs is 1. The zero-order chi connectivity index (χ0) is 23.0. The maximum Gasteiger partial charge on any atom is 0.223 e. The second-order valence-corrected chi connectivity index (χ2v) is 10.2. The van der Waals surface area contributed by atoms with Gasteiger partial charge in [0.25, 0.3) is 0 Å². The monoisotopic (exact) mass is 462 g/mol. The molecule has 0 saturated carbocycles. The number of hydrogen-bond donors (Lipinski definition) is 2. The number of anilines is 3. The maximum absolute atomic E-state index is 14.1. The SMILES string of the molecule is Cc1cn(C)nc1Nc1nc(C(C)F)cc2cnc(NC3CCN(S(C)(=O)=O)CC3)nc12. The number of halogens is 1. The predicted octanol–water partition coefficient (Wildman–Crippen LogP) is 2.68. The van der Waals surface area contributed by atoms with Crippen LogP contribution >= 0.6 is 0 Å². The van der Waals surface area contributed by atoms with Gasteiger partial charge in [-0.1, -0.05) is 0 Å². The van der Waals surface area contributed by atoms with E-state index in [-0.39, 0.29) is 11.7 Å². The molecule has 4 heterocycles. The van der Waals surface area contributed by atoms with E-state index in [0.29, 0.717) is 54.4 Å². The van der Waals surface area contributed by atoms with Gasteiger partial charge in [0.15, 0.2) is 11.6 Å². The Morgan fingerprint density at radius 2 is 1.94 bits per heavy atom. The molecule has 1 saturated heterocycles. The number of alkyl halides is 1. The van der Waals surface area contributed by atoms with Crippen LogP contribution in [-0.2, 0) is 17.1 Å². The Balaban J connectivity index is 1.62. The van der Waals surface area contributed by atoms with Gasteiger partial charge in [0, 0.05) is 49.5 Å². The molecule has 1 aliphatic heterocycles. The smallest absolute Gasteiger partial charge is 0.223 e. The Morgan fingerprint density at radius 1 is 1.22 bits per heavy atom. The fourth-order valence-corrected chi connectivity index (χ4v) is 4.65. The van der Waals surface area contributed by atoms with Gasteiger partial charge in [0.1, 0.15) is 11.7 Å². The molecular formula is C20H27FN8O2S. The third kappa shape index (κ3) is 4.80. The van der Waals surface area contributed by atoms with Crippen molar-refractivity contribution in [2.24, 2.45) is 7.05 Å². The van der Waals surface area contributed by atoms with Crippen molar-refractivity contribution >= 4 is 38.5 Å². The average Bonchev–Trinajstić information content (AvgIpc) is 3.04. The highest BCUT2D eigenvalue weighted by atomic mass is 32.2. The largest absolute Gasteiger partial charge is 0.351 e. The van der Waals surface area contributed by atoms with Crippen LogP contribution in [0.15, 0.2) is 18.5 Å². The average molecular weight is 463 g/mol. The number of nitrogens with one attached hydrogen (secondary N) is 2. The topological polar surface area (TPSA) is 118 Å². The molecule has 0 bridgehead atoms. The number of pyridine rings is 1. The molecule has 1 aliphatic rings. The highest BCUT2D eigenvalue weighted by Crippen LogP contribution is 2.28. The second-order valence-electron chi connectivity index (χ2n) is 8.18. The molecule has 1 unspecified atom stereocenters. The molecule has 2 N–H and O–H groups in total. The first-order valence-electron chi connectivity index (χ1n) is 10.4. The molecule has 4 rings (SSSR count). The lowest BCUT2D eigenvalue weighted by Gasteiger charge is -2.30.